The molecule has 0 saturated carbocycles. The summed E-state index contributed by atoms with van der Waals surface area (Å²) in [7, 11) is 0. The van der Waals surface area contributed by atoms with Crippen LogP contribution in [0.4, 0.5) is 5.69 Å². The molecular weight excluding hydrogens is 404 g/mol. The topological polar surface area (TPSA) is 49.4 Å². The molecule has 1 aliphatic heterocycles. The van der Waals surface area contributed by atoms with Crippen LogP contribution >= 0.6 is 27.5 Å². The average Bonchev–Trinajstić information content (AvgIpc) is 2.62. The number of amides is 2. The summed E-state index contributed by atoms with van der Waals surface area (Å²) in [5.74, 6) is -0.159. The number of anilines is 1. The Bertz CT molecular complexity index is 788. The molecule has 2 amide bonds. The first-order valence-electron chi connectivity index (χ1n) is 8.15. The summed E-state index contributed by atoms with van der Waals surface area (Å²) < 4.78 is 0.922. The van der Waals surface area contributed by atoms with Crippen molar-refractivity contribution >= 4 is 45.0 Å². The predicted molar refractivity (Wildman–Crippen MR) is 103 cm³/mol. The van der Waals surface area contributed by atoms with Crippen LogP contribution in [0.25, 0.3) is 0 Å². The minimum atomic E-state index is -0.0886. The van der Waals surface area contributed by atoms with Gasteiger partial charge in [-0.25, -0.2) is 0 Å². The van der Waals surface area contributed by atoms with E-state index >= 15 is 0 Å². The van der Waals surface area contributed by atoms with Gasteiger partial charge >= 0.3 is 0 Å². The van der Waals surface area contributed by atoms with E-state index in [1.165, 1.54) is 0 Å². The molecule has 1 fully saturated rings. The average molecular weight is 422 g/mol. The van der Waals surface area contributed by atoms with Gasteiger partial charge in [0, 0.05) is 29.2 Å². The Labute approximate surface area is 160 Å². The van der Waals surface area contributed by atoms with E-state index in [9.17, 15) is 9.59 Å². The summed E-state index contributed by atoms with van der Waals surface area (Å²) in [6.07, 6.45) is 1.30. The second-order valence-electron chi connectivity index (χ2n) is 6.05. The fourth-order valence-electron chi connectivity index (χ4n) is 2.96. The number of likely N-dealkylation sites (tertiary alicyclic amines) is 1. The third-order valence-corrected chi connectivity index (χ3v) is 5.17. The van der Waals surface area contributed by atoms with Crippen molar-refractivity contribution in [2.24, 2.45) is 5.92 Å². The fourth-order valence-corrected chi connectivity index (χ4v) is 3.58. The summed E-state index contributed by atoms with van der Waals surface area (Å²) >= 11 is 9.50. The summed E-state index contributed by atoms with van der Waals surface area (Å²) in [6.45, 7) is 1.11. The molecule has 4 nitrogen and oxygen atoms in total. The first-order valence-corrected chi connectivity index (χ1v) is 9.32. The van der Waals surface area contributed by atoms with E-state index in [1.807, 2.05) is 24.3 Å². The molecule has 0 aliphatic carbocycles. The van der Waals surface area contributed by atoms with Gasteiger partial charge in [-0.2, -0.15) is 0 Å². The van der Waals surface area contributed by atoms with Crippen molar-refractivity contribution < 1.29 is 9.59 Å². The fraction of sp³-hybridized carbons (Fsp3) is 0.263. The highest BCUT2D eigenvalue weighted by Crippen LogP contribution is 2.24. The number of halogens is 2. The zero-order valence-corrected chi connectivity index (χ0v) is 15.9. The molecule has 0 bridgehead atoms. The second-order valence-corrected chi connectivity index (χ2v) is 7.37. The molecule has 0 spiro atoms. The highest BCUT2D eigenvalue weighted by atomic mass is 79.9. The zero-order chi connectivity index (χ0) is 17.8. The van der Waals surface area contributed by atoms with Gasteiger partial charge in [-0.1, -0.05) is 45.7 Å². The number of carbonyl (C=O) groups excluding carboxylic acids is 2. The molecule has 25 heavy (non-hydrogen) atoms. The third kappa shape index (κ3) is 4.41. The minimum absolute atomic E-state index is 0.00272. The van der Waals surface area contributed by atoms with Crippen molar-refractivity contribution in [3.63, 3.8) is 0 Å². The van der Waals surface area contributed by atoms with Gasteiger partial charge in [-0.05, 0) is 43.2 Å². The van der Waals surface area contributed by atoms with Crippen molar-refractivity contribution in [3.05, 3.63) is 63.6 Å². The van der Waals surface area contributed by atoms with Gasteiger partial charge in [0.1, 0.15) is 0 Å². The largest absolute Gasteiger partial charge is 0.339 e. The first kappa shape index (κ1) is 18.0. The molecule has 0 unspecified atom stereocenters. The first-order chi connectivity index (χ1) is 12.0. The van der Waals surface area contributed by atoms with Crippen LogP contribution in [-0.4, -0.2) is 29.8 Å². The van der Waals surface area contributed by atoms with Crippen LogP contribution in [-0.2, 0) is 4.79 Å². The highest BCUT2D eigenvalue weighted by molar-refractivity contribution is 9.10. The maximum Gasteiger partial charge on any atom is 0.255 e. The van der Waals surface area contributed by atoms with Crippen molar-refractivity contribution in [3.8, 4) is 0 Å². The summed E-state index contributed by atoms with van der Waals surface area (Å²) in [6, 6.07) is 14.6. The lowest BCUT2D eigenvalue weighted by Gasteiger charge is -2.31. The van der Waals surface area contributed by atoms with Crippen molar-refractivity contribution in [2.75, 3.05) is 18.4 Å². The van der Waals surface area contributed by atoms with Crippen LogP contribution in [0, 0.1) is 5.92 Å². The van der Waals surface area contributed by atoms with E-state index in [0.29, 0.717) is 36.5 Å². The third-order valence-electron chi connectivity index (χ3n) is 4.35. The van der Waals surface area contributed by atoms with Crippen LogP contribution in [0.3, 0.4) is 0 Å². The lowest BCUT2D eigenvalue weighted by atomic mass is 9.95. The van der Waals surface area contributed by atoms with E-state index in [-0.39, 0.29) is 17.7 Å². The highest BCUT2D eigenvalue weighted by Gasteiger charge is 2.28. The lowest BCUT2D eigenvalue weighted by Crippen LogP contribution is -2.41. The Morgan fingerprint density at radius 3 is 2.48 bits per heavy atom. The molecule has 1 heterocycles. The molecule has 1 aliphatic rings. The van der Waals surface area contributed by atoms with Gasteiger partial charge < -0.3 is 10.2 Å². The Morgan fingerprint density at radius 2 is 1.80 bits per heavy atom. The van der Waals surface area contributed by atoms with E-state index < -0.39 is 0 Å². The van der Waals surface area contributed by atoms with Crippen LogP contribution in [0.5, 0.6) is 0 Å². The molecule has 1 saturated heterocycles. The van der Waals surface area contributed by atoms with Gasteiger partial charge in [0.25, 0.3) is 5.91 Å². The molecule has 0 aromatic heterocycles. The molecule has 0 atom stereocenters. The molecule has 1 N–H and O–H groups in total. The minimum Gasteiger partial charge on any atom is -0.339 e. The molecule has 3 rings (SSSR count). The van der Waals surface area contributed by atoms with Crippen LogP contribution in [0.2, 0.25) is 5.02 Å². The van der Waals surface area contributed by atoms with Crippen molar-refractivity contribution in [1.29, 1.82) is 0 Å². The van der Waals surface area contributed by atoms with Gasteiger partial charge in [-0.15, -0.1) is 0 Å². The van der Waals surface area contributed by atoms with E-state index in [0.717, 1.165) is 10.2 Å². The SMILES string of the molecule is O=C(Nc1cccc(Br)c1)C1CCN(C(=O)c2ccccc2Cl)CC1. The number of hydrogen-bond donors (Lipinski definition) is 1. The number of benzene rings is 2. The second kappa shape index (κ2) is 8.02. The van der Waals surface area contributed by atoms with Gasteiger partial charge in [0.15, 0.2) is 0 Å². The Hall–Kier alpha value is -1.85. The van der Waals surface area contributed by atoms with Crippen molar-refractivity contribution in [1.82, 2.24) is 4.90 Å². The van der Waals surface area contributed by atoms with E-state index in [2.05, 4.69) is 21.2 Å². The quantitative estimate of drug-likeness (QED) is 0.788. The maximum atomic E-state index is 12.6. The number of nitrogens with zero attached hydrogens (tertiary/aromatic N) is 1. The Morgan fingerprint density at radius 1 is 1.08 bits per heavy atom. The monoisotopic (exact) mass is 420 g/mol. The molecule has 6 heteroatoms. The lowest BCUT2D eigenvalue weighted by molar-refractivity contribution is -0.121. The summed E-state index contributed by atoms with van der Waals surface area (Å²) in [5.41, 5.74) is 1.29. The smallest absolute Gasteiger partial charge is 0.255 e. The molecule has 2 aromatic rings. The molecule has 2 aromatic carbocycles. The van der Waals surface area contributed by atoms with Crippen LogP contribution < -0.4 is 5.32 Å². The van der Waals surface area contributed by atoms with Crippen LogP contribution in [0.1, 0.15) is 23.2 Å². The van der Waals surface area contributed by atoms with Crippen molar-refractivity contribution in [2.45, 2.75) is 12.8 Å². The maximum absolute atomic E-state index is 12.6. The number of hydrogen-bond acceptors (Lipinski definition) is 2. The molecule has 130 valence electrons. The normalized spacial score (nSPS) is 15.0. The standard InChI is InChI=1S/C19H18BrClN2O2/c20-14-4-3-5-15(12-14)22-18(24)13-8-10-23(11-9-13)19(25)16-6-1-2-7-17(16)21/h1-7,12-13H,8-11H2,(H,22,24). The number of carbonyl (C=O) groups is 2. The molecule has 0 radical (unpaired) electrons. The Balaban J connectivity index is 1.57. The van der Waals surface area contributed by atoms with Crippen LogP contribution in [0.15, 0.2) is 53.0 Å². The van der Waals surface area contributed by atoms with E-state index in [4.69, 9.17) is 11.6 Å². The number of piperidine rings is 1. The van der Waals surface area contributed by atoms with Gasteiger partial charge in [-0.3, -0.25) is 9.59 Å². The molecular formula is C19H18BrClN2O2. The van der Waals surface area contributed by atoms with Gasteiger partial charge in [0.05, 0.1) is 10.6 Å². The van der Waals surface area contributed by atoms with E-state index in [1.54, 1.807) is 29.2 Å². The van der Waals surface area contributed by atoms with Gasteiger partial charge in [0.2, 0.25) is 5.91 Å². The summed E-state index contributed by atoms with van der Waals surface area (Å²) in [5, 5.41) is 3.40. The number of rotatable bonds is 3. The predicted octanol–water partition coefficient (Wildman–Crippen LogP) is 4.59. The number of nitrogens with one attached hydrogen (secondary N) is 1. The Kier molecular flexibility index (Phi) is 5.76. The summed E-state index contributed by atoms with van der Waals surface area (Å²) in [4.78, 5) is 26.8. The zero-order valence-electron chi connectivity index (χ0n) is 13.5.